The van der Waals surface area contributed by atoms with Gasteiger partial charge < -0.3 is 4.90 Å². The second kappa shape index (κ2) is 6.10. The Hall–Kier alpha value is -1.14. The zero-order valence-corrected chi connectivity index (χ0v) is 13.2. The Morgan fingerprint density at radius 1 is 1.50 bits per heavy atom. The molecule has 0 radical (unpaired) electrons. The van der Waals surface area contributed by atoms with Crippen molar-refractivity contribution in [2.75, 3.05) is 13.6 Å². The molecule has 1 aliphatic rings. The molecule has 1 saturated carbocycles. The summed E-state index contributed by atoms with van der Waals surface area (Å²) in [4.78, 5) is 24.2. The van der Waals surface area contributed by atoms with Gasteiger partial charge in [-0.1, -0.05) is 15.9 Å². The standard InChI is InChI=1S/C13H14BrClN2O3/c1-16(7-8-2-11(15)3-8)13(18)9-4-10(14)6-12(5-9)17(19)20/h4-6,8,11H,2-3,7H2,1H3. The molecule has 0 bridgehead atoms. The van der Waals surface area contributed by atoms with Gasteiger partial charge in [-0.25, -0.2) is 0 Å². The maximum Gasteiger partial charge on any atom is 0.271 e. The van der Waals surface area contributed by atoms with Crippen molar-refractivity contribution in [3.8, 4) is 0 Å². The van der Waals surface area contributed by atoms with E-state index in [9.17, 15) is 14.9 Å². The van der Waals surface area contributed by atoms with Gasteiger partial charge >= 0.3 is 0 Å². The first-order valence-corrected chi connectivity index (χ1v) is 7.44. The predicted molar refractivity (Wildman–Crippen MR) is 80.1 cm³/mol. The zero-order valence-electron chi connectivity index (χ0n) is 10.9. The van der Waals surface area contributed by atoms with Crippen LogP contribution in [0.5, 0.6) is 0 Å². The van der Waals surface area contributed by atoms with E-state index in [4.69, 9.17) is 11.6 Å². The molecule has 0 spiro atoms. The van der Waals surface area contributed by atoms with Gasteiger partial charge in [-0.2, -0.15) is 0 Å². The van der Waals surface area contributed by atoms with Crippen LogP contribution in [0.1, 0.15) is 23.2 Å². The number of non-ortho nitro benzene ring substituents is 1. The number of amides is 1. The molecule has 0 unspecified atom stereocenters. The Morgan fingerprint density at radius 2 is 2.15 bits per heavy atom. The fraction of sp³-hybridized carbons (Fsp3) is 0.462. The van der Waals surface area contributed by atoms with E-state index in [-0.39, 0.29) is 17.0 Å². The lowest BCUT2D eigenvalue weighted by Crippen LogP contribution is -2.37. The number of nitro groups is 1. The second-order valence-electron chi connectivity index (χ2n) is 5.08. The smallest absolute Gasteiger partial charge is 0.271 e. The van der Waals surface area contributed by atoms with Crippen molar-refractivity contribution in [3.63, 3.8) is 0 Å². The van der Waals surface area contributed by atoms with Crippen molar-refractivity contribution in [2.24, 2.45) is 5.92 Å². The maximum atomic E-state index is 12.3. The molecule has 20 heavy (non-hydrogen) atoms. The highest BCUT2D eigenvalue weighted by atomic mass is 79.9. The average Bonchev–Trinajstić information content (AvgIpc) is 2.35. The highest BCUT2D eigenvalue weighted by molar-refractivity contribution is 9.10. The van der Waals surface area contributed by atoms with Crippen LogP contribution < -0.4 is 0 Å². The summed E-state index contributed by atoms with van der Waals surface area (Å²) in [5, 5.41) is 11.0. The molecule has 0 saturated heterocycles. The van der Waals surface area contributed by atoms with Gasteiger partial charge in [0.05, 0.1) is 4.92 Å². The van der Waals surface area contributed by atoms with E-state index >= 15 is 0 Å². The minimum atomic E-state index is -0.508. The summed E-state index contributed by atoms with van der Waals surface area (Å²) < 4.78 is 0.521. The lowest BCUT2D eigenvalue weighted by Gasteiger charge is -2.34. The Balaban J connectivity index is 2.09. The zero-order chi connectivity index (χ0) is 14.9. The molecule has 0 aliphatic heterocycles. The van der Waals surface area contributed by atoms with Crippen molar-refractivity contribution < 1.29 is 9.72 Å². The topological polar surface area (TPSA) is 63.5 Å². The van der Waals surface area contributed by atoms with E-state index in [2.05, 4.69) is 15.9 Å². The van der Waals surface area contributed by atoms with Crippen LogP contribution in [0.2, 0.25) is 0 Å². The summed E-state index contributed by atoms with van der Waals surface area (Å²) in [5.41, 5.74) is 0.218. The number of carbonyl (C=O) groups is 1. The summed E-state index contributed by atoms with van der Waals surface area (Å²) in [6.07, 6.45) is 1.83. The molecule has 1 amide bonds. The first-order valence-electron chi connectivity index (χ1n) is 6.21. The third-order valence-electron chi connectivity index (χ3n) is 3.40. The van der Waals surface area contributed by atoms with Crippen molar-refractivity contribution >= 4 is 39.1 Å². The predicted octanol–water partition coefficient (Wildman–Crippen LogP) is 3.45. The molecule has 5 nitrogen and oxygen atoms in total. The number of hydrogen-bond donors (Lipinski definition) is 0. The van der Waals surface area contributed by atoms with Gasteiger partial charge in [-0.15, -0.1) is 11.6 Å². The summed E-state index contributed by atoms with van der Waals surface area (Å²) in [6.45, 7) is 0.627. The fourth-order valence-electron chi connectivity index (χ4n) is 2.30. The summed E-state index contributed by atoms with van der Waals surface area (Å²) in [5.74, 6) is 0.209. The molecule has 1 aliphatic carbocycles. The lowest BCUT2D eigenvalue weighted by atomic mass is 9.84. The number of hydrogen-bond acceptors (Lipinski definition) is 3. The van der Waals surface area contributed by atoms with Crippen LogP contribution in [0.3, 0.4) is 0 Å². The molecule has 7 heteroatoms. The van der Waals surface area contributed by atoms with Crippen molar-refractivity contribution in [1.82, 2.24) is 4.90 Å². The Morgan fingerprint density at radius 3 is 2.70 bits per heavy atom. The van der Waals surface area contributed by atoms with Crippen LogP contribution >= 0.6 is 27.5 Å². The molecule has 1 fully saturated rings. The van der Waals surface area contributed by atoms with Crippen molar-refractivity contribution in [2.45, 2.75) is 18.2 Å². The van der Waals surface area contributed by atoms with Crippen molar-refractivity contribution in [3.05, 3.63) is 38.3 Å². The number of alkyl halides is 1. The molecule has 0 N–H and O–H groups in total. The molecule has 0 heterocycles. The van der Waals surface area contributed by atoms with E-state index in [0.29, 0.717) is 22.5 Å². The first-order chi connectivity index (χ1) is 9.36. The van der Waals surface area contributed by atoms with Gasteiger partial charge in [0.25, 0.3) is 11.6 Å². The van der Waals surface area contributed by atoms with Crippen LogP contribution in [0, 0.1) is 16.0 Å². The second-order valence-corrected chi connectivity index (χ2v) is 6.61. The monoisotopic (exact) mass is 360 g/mol. The molecule has 0 atom stereocenters. The molecular formula is C13H14BrClN2O3. The normalized spacial score (nSPS) is 21.1. The summed E-state index contributed by atoms with van der Waals surface area (Å²) in [7, 11) is 1.70. The van der Waals surface area contributed by atoms with Gasteiger partial charge in [0.15, 0.2) is 0 Å². The van der Waals surface area contributed by atoms with E-state index in [1.165, 1.54) is 12.1 Å². The minimum Gasteiger partial charge on any atom is -0.341 e. The number of nitrogens with zero attached hydrogens (tertiary/aromatic N) is 2. The van der Waals surface area contributed by atoms with Crippen molar-refractivity contribution in [1.29, 1.82) is 0 Å². The lowest BCUT2D eigenvalue weighted by molar-refractivity contribution is -0.385. The van der Waals surface area contributed by atoms with Crippen LogP contribution in [-0.2, 0) is 0 Å². The van der Waals surface area contributed by atoms with Crippen LogP contribution in [0.15, 0.2) is 22.7 Å². The molecule has 0 aromatic heterocycles. The first kappa shape index (κ1) is 15.3. The van der Waals surface area contributed by atoms with Crippen LogP contribution in [-0.4, -0.2) is 34.7 Å². The third kappa shape index (κ3) is 3.49. The summed E-state index contributed by atoms with van der Waals surface area (Å²) >= 11 is 9.11. The largest absolute Gasteiger partial charge is 0.341 e. The molecule has 108 valence electrons. The molecule has 1 aromatic carbocycles. The van der Waals surface area contributed by atoms with Crippen LogP contribution in [0.4, 0.5) is 5.69 Å². The Labute approximate surface area is 130 Å². The number of nitro benzene ring substituents is 1. The Kier molecular flexibility index (Phi) is 4.65. The maximum absolute atomic E-state index is 12.3. The number of halogens is 2. The van der Waals surface area contributed by atoms with Gasteiger partial charge in [-0.3, -0.25) is 14.9 Å². The third-order valence-corrected chi connectivity index (χ3v) is 4.21. The molecular weight excluding hydrogens is 348 g/mol. The van der Waals surface area contributed by atoms with Gasteiger partial charge in [0, 0.05) is 41.1 Å². The SMILES string of the molecule is CN(CC1CC(Cl)C1)C(=O)c1cc(Br)cc([N+](=O)[O-])c1. The summed E-state index contributed by atoms with van der Waals surface area (Å²) in [6, 6.07) is 4.27. The number of benzene rings is 1. The molecule has 1 aromatic rings. The van der Waals surface area contributed by atoms with E-state index in [0.717, 1.165) is 12.8 Å². The van der Waals surface area contributed by atoms with Gasteiger partial charge in [0.2, 0.25) is 0 Å². The highest BCUT2D eigenvalue weighted by Crippen LogP contribution is 2.32. The highest BCUT2D eigenvalue weighted by Gasteiger charge is 2.29. The molecule has 2 rings (SSSR count). The average molecular weight is 362 g/mol. The van der Waals surface area contributed by atoms with Gasteiger partial charge in [-0.05, 0) is 24.8 Å². The van der Waals surface area contributed by atoms with Crippen LogP contribution in [0.25, 0.3) is 0 Å². The number of carbonyl (C=O) groups excluding carboxylic acids is 1. The number of rotatable bonds is 4. The fourth-order valence-corrected chi connectivity index (χ4v) is 3.28. The Bertz CT molecular complexity index is 546. The van der Waals surface area contributed by atoms with E-state index in [1.807, 2.05) is 0 Å². The minimum absolute atomic E-state index is 0.0967. The van der Waals surface area contributed by atoms with E-state index < -0.39 is 4.92 Å². The van der Waals surface area contributed by atoms with E-state index in [1.54, 1.807) is 18.0 Å². The van der Waals surface area contributed by atoms with Gasteiger partial charge in [0.1, 0.15) is 0 Å². The quantitative estimate of drug-likeness (QED) is 0.469.